The van der Waals surface area contributed by atoms with Gasteiger partial charge in [0.1, 0.15) is 5.69 Å². The van der Waals surface area contributed by atoms with E-state index in [2.05, 4.69) is 41.3 Å². The number of carbonyl (C=O) groups excluding carboxylic acids is 1. The van der Waals surface area contributed by atoms with E-state index in [0.29, 0.717) is 18.8 Å². The Morgan fingerprint density at radius 1 is 1.33 bits per heavy atom. The van der Waals surface area contributed by atoms with Gasteiger partial charge >= 0.3 is 0 Å². The van der Waals surface area contributed by atoms with Crippen LogP contribution in [-0.2, 0) is 18.3 Å². The first kappa shape index (κ1) is 20.3. The second kappa shape index (κ2) is 8.07. The zero-order valence-electron chi connectivity index (χ0n) is 18.1. The van der Waals surface area contributed by atoms with Crippen molar-refractivity contribution in [3.05, 3.63) is 59.5 Å². The minimum Gasteiger partial charge on any atom is -0.375 e. The monoisotopic (exact) mass is 407 g/mol. The Balaban J connectivity index is 1.63. The fraction of sp³-hybridized carbons (Fsp3) is 0.435. The minimum absolute atomic E-state index is 0.0400. The number of H-pyrrole nitrogens is 1. The molecule has 158 valence electrons. The molecule has 2 aromatic heterocycles. The van der Waals surface area contributed by atoms with Crippen LogP contribution in [0.3, 0.4) is 0 Å². The van der Waals surface area contributed by atoms with Gasteiger partial charge in [0.2, 0.25) is 0 Å². The van der Waals surface area contributed by atoms with Gasteiger partial charge < -0.3 is 9.64 Å². The van der Waals surface area contributed by atoms with Crippen molar-refractivity contribution < 1.29 is 9.53 Å². The van der Waals surface area contributed by atoms with Gasteiger partial charge in [0, 0.05) is 38.0 Å². The average molecular weight is 408 g/mol. The fourth-order valence-electron chi connectivity index (χ4n) is 4.19. The summed E-state index contributed by atoms with van der Waals surface area (Å²) in [5, 5.41) is 11.7. The van der Waals surface area contributed by atoms with Crippen molar-refractivity contribution in [2.24, 2.45) is 7.05 Å². The fourth-order valence-corrected chi connectivity index (χ4v) is 4.19. The van der Waals surface area contributed by atoms with Crippen molar-refractivity contribution in [3.63, 3.8) is 0 Å². The summed E-state index contributed by atoms with van der Waals surface area (Å²) in [7, 11) is 1.88. The van der Waals surface area contributed by atoms with E-state index in [1.807, 2.05) is 49.3 Å². The van der Waals surface area contributed by atoms with Gasteiger partial charge in [-0.05, 0) is 45.2 Å². The number of hydrogen-bond donors (Lipinski definition) is 1. The second-order valence-electron chi connectivity index (χ2n) is 8.64. The summed E-state index contributed by atoms with van der Waals surface area (Å²) < 4.78 is 7.65. The number of aromatic nitrogens is 4. The minimum atomic E-state index is -0.246. The molecule has 7 nitrogen and oxygen atoms in total. The van der Waals surface area contributed by atoms with Crippen LogP contribution in [0.5, 0.6) is 0 Å². The van der Waals surface area contributed by atoms with E-state index in [-0.39, 0.29) is 17.6 Å². The Morgan fingerprint density at radius 3 is 2.77 bits per heavy atom. The maximum Gasteiger partial charge on any atom is 0.272 e. The van der Waals surface area contributed by atoms with E-state index >= 15 is 0 Å². The highest BCUT2D eigenvalue weighted by atomic mass is 16.5. The maximum atomic E-state index is 13.6. The van der Waals surface area contributed by atoms with E-state index in [1.54, 1.807) is 4.68 Å². The van der Waals surface area contributed by atoms with E-state index in [0.717, 1.165) is 35.4 Å². The number of nitrogens with one attached hydrogen (secondary N) is 1. The summed E-state index contributed by atoms with van der Waals surface area (Å²) in [6.45, 7) is 7.32. The molecule has 1 amide bonds. The molecule has 1 aromatic carbocycles. The van der Waals surface area contributed by atoms with Crippen molar-refractivity contribution in [1.82, 2.24) is 24.9 Å². The molecular formula is C23H29N5O2. The molecule has 1 saturated heterocycles. The maximum absolute atomic E-state index is 13.6. The lowest BCUT2D eigenvalue weighted by Crippen LogP contribution is -2.48. The summed E-state index contributed by atoms with van der Waals surface area (Å²) in [6.07, 6.45) is 3.54. The Labute approximate surface area is 177 Å². The van der Waals surface area contributed by atoms with Crippen molar-refractivity contribution in [2.75, 3.05) is 6.61 Å². The van der Waals surface area contributed by atoms with Crippen LogP contribution in [0.15, 0.2) is 42.6 Å². The van der Waals surface area contributed by atoms with Gasteiger partial charge in [0.15, 0.2) is 0 Å². The second-order valence-corrected chi connectivity index (χ2v) is 8.64. The number of aryl methyl sites for hydroxylation is 2. The molecular weight excluding hydrogens is 378 g/mol. The molecule has 1 N–H and O–H groups in total. The third-order valence-corrected chi connectivity index (χ3v) is 5.67. The molecule has 1 aliphatic heterocycles. The summed E-state index contributed by atoms with van der Waals surface area (Å²) in [4.78, 5) is 15.6. The van der Waals surface area contributed by atoms with Crippen LogP contribution in [-0.4, -0.2) is 49.0 Å². The van der Waals surface area contributed by atoms with Crippen LogP contribution in [0.2, 0.25) is 0 Å². The third-order valence-electron chi connectivity index (χ3n) is 5.67. The molecule has 30 heavy (non-hydrogen) atoms. The molecule has 0 unspecified atom stereocenters. The number of ether oxygens (including phenoxy) is 1. The van der Waals surface area contributed by atoms with Gasteiger partial charge in [-0.25, -0.2) is 0 Å². The number of nitrogens with zero attached hydrogens (tertiary/aromatic N) is 4. The zero-order valence-corrected chi connectivity index (χ0v) is 18.1. The quantitative estimate of drug-likeness (QED) is 0.699. The number of carbonyl (C=O) groups is 1. The largest absolute Gasteiger partial charge is 0.375 e. The predicted molar refractivity (Wildman–Crippen MR) is 115 cm³/mol. The topological polar surface area (TPSA) is 76.0 Å². The van der Waals surface area contributed by atoms with Crippen LogP contribution in [0, 0.1) is 6.92 Å². The lowest BCUT2D eigenvalue weighted by molar-refractivity contribution is -0.0793. The Morgan fingerprint density at radius 2 is 2.10 bits per heavy atom. The lowest BCUT2D eigenvalue weighted by atomic mass is 9.92. The van der Waals surface area contributed by atoms with Crippen LogP contribution < -0.4 is 0 Å². The van der Waals surface area contributed by atoms with E-state index in [4.69, 9.17) is 4.74 Å². The molecule has 0 saturated carbocycles. The van der Waals surface area contributed by atoms with Crippen LogP contribution >= 0.6 is 0 Å². The van der Waals surface area contributed by atoms with Crippen LogP contribution in [0.4, 0.5) is 0 Å². The van der Waals surface area contributed by atoms with E-state index in [1.165, 1.54) is 0 Å². The molecule has 0 spiro atoms. The van der Waals surface area contributed by atoms with Gasteiger partial charge in [-0.15, -0.1) is 0 Å². The standard InChI is InChI=1S/C23H29N5O2/c1-16-19(15-27(4)26-16)20-12-21(25-24-20)22(29)28(14-17-8-6-5-7-9-17)18-10-11-30-23(2,3)13-18/h5-9,12,15,18H,10-11,13-14H2,1-4H3,(H,24,25)/t18-/m1/s1. The number of rotatable bonds is 5. The van der Waals surface area contributed by atoms with Gasteiger partial charge in [0.05, 0.1) is 17.0 Å². The van der Waals surface area contributed by atoms with Gasteiger partial charge in [-0.3, -0.25) is 14.6 Å². The van der Waals surface area contributed by atoms with Crippen molar-refractivity contribution in [2.45, 2.75) is 51.8 Å². The van der Waals surface area contributed by atoms with Gasteiger partial charge in [0.25, 0.3) is 5.91 Å². The first-order valence-electron chi connectivity index (χ1n) is 10.4. The molecule has 0 bridgehead atoms. The van der Waals surface area contributed by atoms with Gasteiger partial charge in [-0.1, -0.05) is 30.3 Å². The number of aromatic amines is 1. The molecule has 1 atom stereocenters. The van der Waals surface area contributed by atoms with Crippen molar-refractivity contribution in [3.8, 4) is 11.3 Å². The number of amides is 1. The molecule has 3 aromatic rings. The summed E-state index contributed by atoms with van der Waals surface area (Å²) in [6, 6.07) is 12.0. The lowest BCUT2D eigenvalue weighted by Gasteiger charge is -2.41. The highest BCUT2D eigenvalue weighted by Crippen LogP contribution is 2.30. The first-order valence-corrected chi connectivity index (χ1v) is 10.4. The van der Waals surface area contributed by atoms with E-state index < -0.39 is 0 Å². The van der Waals surface area contributed by atoms with E-state index in [9.17, 15) is 4.79 Å². The Kier molecular flexibility index (Phi) is 5.47. The summed E-state index contributed by atoms with van der Waals surface area (Å²) in [5.41, 5.74) is 3.90. The van der Waals surface area contributed by atoms with Crippen LogP contribution in [0.1, 0.15) is 48.4 Å². The summed E-state index contributed by atoms with van der Waals surface area (Å²) in [5.74, 6) is -0.0400. The zero-order chi connectivity index (χ0) is 21.3. The highest BCUT2D eigenvalue weighted by molar-refractivity contribution is 5.93. The molecule has 1 fully saturated rings. The third kappa shape index (κ3) is 4.31. The van der Waals surface area contributed by atoms with Crippen molar-refractivity contribution in [1.29, 1.82) is 0 Å². The molecule has 0 aliphatic carbocycles. The summed E-state index contributed by atoms with van der Waals surface area (Å²) >= 11 is 0. The van der Waals surface area contributed by atoms with Gasteiger partial charge in [-0.2, -0.15) is 10.2 Å². The molecule has 3 heterocycles. The number of hydrogen-bond acceptors (Lipinski definition) is 4. The number of benzene rings is 1. The van der Waals surface area contributed by atoms with Crippen molar-refractivity contribution >= 4 is 5.91 Å². The highest BCUT2D eigenvalue weighted by Gasteiger charge is 2.35. The van der Waals surface area contributed by atoms with Crippen LogP contribution in [0.25, 0.3) is 11.3 Å². The predicted octanol–water partition coefficient (Wildman–Crippen LogP) is 3.72. The normalized spacial score (nSPS) is 18.3. The Bertz CT molecular complexity index is 1020. The average Bonchev–Trinajstić information content (AvgIpc) is 3.31. The molecule has 1 aliphatic rings. The molecule has 7 heteroatoms. The molecule has 4 rings (SSSR count). The first-order chi connectivity index (χ1) is 14.3. The smallest absolute Gasteiger partial charge is 0.272 e. The Hall–Kier alpha value is -2.93. The molecule has 0 radical (unpaired) electrons. The SMILES string of the molecule is Cc1nn(C)cc1-c1cc(C(=O)N(Cc2ccccc2)[C@@H]2CCOC(C)(C)C2)[nH]n1.